The Morgan fingerprint density at radius 1 is 1.00 bits per heavy atom. The molecule has 258 valence electrons. The van der Waals surface area contributed by atoms with E-state index in [1.807, 2.05) is 24.3 Å². The van der Waals surface area contributed by atoms with Crippen molar-refractivity contribution in [3.05, 3.63) is 35.5 Å². The minimum Gasteiger partial charge on any atom is -0.493 e. The maximum Gasteiger partial charge on any atom is 0.409 e. The van der Waals surface area contributed by atoms with Gasteiger partial charge in [-0.3, -0.25) is 14.4 Å². The van der Waals surface area contributed by atoms with E-state index in [9.17, 15) is 19.2 Å². The van der Waals surface area contributed by atoms with Crippen LogP contribution in [-0.2, 0) is 35.0 Å². The number of piperazine rings is 1. The maximum atomic E-state index is 14.5. The first-order chi connectivity index (χ1) is 22.6. The van der Waals surface area contributed by atoms with Crippen LogP contribution in [0.15, 0.2) is 30.0 Å². The first-order valence-electron chi connectivity index (χ1n) is 16.8. The number of fused-ring (bicyclic) bond motifs is 1. The number of likely N-dealkylation sites (tertiary alicyclic amines) is 1. The first-order valence-corrected chi connectivity index (χ1v) is 16.8. The van der Waals surface area contributed by atoms with Crippen LogP contribution < -0.4 is 9.47 Å². The van der Waals surface area contributed by atoms with Crippen LogP contribution in [0.2, 0.25) is 0 Å². The molecule has 1 aromatic rings. The van der Waals surface area contributed by atoms with E-state index < -0.39 is 29.5 Å². The van der Waals surface area contributed by atoms with Crippen molar-refractivity contribution in [2.24, 2.45) is 23.2 Å². The molecule has 3 amide bonds. The number of amides is 3. The second-order valence-electron chi connectivity index (χ2n) is 13.2. The van der Waals surface area contributed by atoms with E-state index in [2.05, 4.69) is 13.8 Å². The van der Waals surface area contributed by atoms with Gasteiger partial charge < -0.3 is 38.4 Å². The zero-order valence-electron chi connectivity index (χ0n) is 28.5. The molecule has 2 saturated heterocycles. The second-order valence-corrected chi connectivity index (χ2v) is 13.2. The molecule has 1 aliphatic carbocycles. The van der Waals surface area contributed by atoms with Crippen LogP contribution in [0, 0.1) is 23.2 Å². The zero-order valence-corrected chi connectivity index (χ0v) is 28.5. The van der Waals surface area contributed by atoms with E-state index in [0.717, 1.165) is 18.4 Å². The summed E-state index contributed by atoms with van der Waals surface area (Å²) in [6, 6.07) is 5.66. The van der Waals surface area contributed by atoms with Crippen molar-refractivity contribution in [1.82, 2.24) is 14.7 Å². The van der Waals surface area contributed by atoms with Gasteiger partial charge in [-0.25, -0.2) is 4.79 Å². The van der Waals surface area contributed by atoms with E-state index in [0.29, 0.717) is 56.3 Å². The second kappa shape index (κ2) is 14.5. The van der Waals surface area contributed by atoms with Crippen LogP contribution in [-0.4, -0.2) is 111 Å². The summed E-state index contributed by atoms with van der Waals surface area (Å²) in [5.74, 6) is -0.0884. The Labute approximate surface area is 277 Å². The van der Waals surface area contributed by atoms with Gasteiger partial charge in [-0.2, -0.15) is 0 Å². The summed E-state index contributed by atoms with van der Waals surface area (Å²) in [6.45, 7) is 7.87. The average molecular weight is 656 g/mol. The Balaban J connectivity index is 1.46. The van der Waals surface area contributed by atoms with Gasteiger partial charge in [0, 0.05) is 50.8 Å². The number of hydrogen-bond donors (Lipinski definition) is 0. The predicted octanol–water partition coefficient (Wildman–Crippen LogP) is 3.66. The number of hydrogen-bond acceptors (Lipinski definition) is 9. The highest BCUT2D eigenvalue weighted by Gasteiger charge is 2.64. The normalized spacial score (nSPS) is 26.0. The summed E-state index contributed by atoms with van der Waals surface area (Å²) in [6.07, 6.45) is 3.22. The Bertz CT molecular complexity index is 1370. The van der Waals surface area contributed by atoms with Crippen LogP contribution in [0.4, 0.5) is 4.79 Å². The molecule has 12 nitrogen and oxygen atoms in total. The third-order valence-corrected chi connectivity index (χ3v) is 9.95. The van der Waals surface area contributed by atoms with Gasteiger partial charge in [0.05, 0.1) is 40.1 Å². The fourth-order valence-corrected chi connectivity index (χ4v) is 7.25. The molecule has 0 spiro atoms. The van der Waals surface area contributed by atoms with Gasteiger partial charge >= 0.3 is 12.1 Å². The average Bonchev–Trinajstić information content (AvgIpc) is 3.93. The third-order valence-electron chi connectivity index (χ3n) is 9.95. The molecule has 3 aliphatic heterocycles. The van der Waals surface area contributed by atoms with Gasteiger partial charge in [0.25, 0.3) is 0 Å². The fraction of sp³-hybridized carbons (Fsp3) is 0.657. The van der Waals surface area contributed by atoms with Crippen LogP contribution in [0.5, 0.6) is 11.5 Å². The number of nitrogens with zero attached hydrogens (tertiary/aromatic N) is 3. The molecule has 12 heteroatoms. The summed E-state index contributed by atoms with van der Waals surface area (Å²) in [5, 5.41) is 0. The highest BCUT2D eigenvalue weighted by atomic mass is 16.6. The molecule has 47 heavy (non-hydrogen) atoms. The molecule has 4 aliphatic rings. The molecule has 1 saturated carbocycles. The molecule has 0 aromatic heterocycles. The molecular formula is C35H49N3O9. The van der Waals surface area contributed by atoms with Crippen LogP contribution in [0.25, 0.3) is 0 Å². The number of ether oxygens (including phenoxy) is 5. The van der Waals surface area contributed by atoms with E-state index in [1.165, 1.54) is 7.11 Å². The summed E-state index contributed by atoms with van der Waals surface area (Å²) >= 11 is 0. The van der Waals surface area contributed by atoms with Gasteiger partial charge in [0.1, 0.15) is 5.41 Å². The number of benzene rings is 1. The minimum atomic E-state index is -1.22. The fourth-order valence-electron chi connectivity index (χ4n) is 7.25. The Hall–Kier alpha value is -3.80. The molecule has 1 aromatic carbocycles. The van der Waals surface area contributed by atoms with E-state index in [4.69, 9.17) is 23.7 Å². The molecule has 0 radical (unpaired) electrons. The molecule has 3 heterocycles. The Morgan fingerprint density at radius 2 is 1.68 bits per heavy atom. The standard InChI is InChI=1S/C35H49N3O9/c1-7-46-34(42)37-16-14-36(15-17-37)30(39)19-25-21-35(33(41)45-6)29(20-27(22(2)3)47-31(35)24-9-10-24)38(32(25)40)13-12-23-8-11-26(43-4)28(18-23)44-5/h8,11,18,20,22,24-25,27,31H,7,9-10,12-17,19,21H2,1-6H3/t25-,27+,31+,35+/m0/s1. The highest BCUT2D eigenvalue weighted by molar-refractivity contribution is 5.93. The monoisotopic (exact) mass is 655 g/mol. The van der Waals surface area contributed by atoms with Crippen molar-refractivity contribution in [3.63, 3.8) is 0 Å². The molecule has 4 atom stereocenters. The summed E-state index contributed by atoms with van der Waals surface area (Å²) < 4.78 is 28.2. The van der Waals surface area contributed by atoms with Gasteiger partial charge in [-0.05, 0) is 68.2 Å². The molecule has 0 bridgehead atoms. The Kier molecular flexibility index (Phi) is 10.7. The first kappa shape index (κ1) is 34.5. The molecular weight excluding hydrogens is 606 g/mol. The van der Waals surface area contributed by atoms with Crippen molar-refractivity contribution < 1.29 is 42.9 Å². The van der Waals surface area contributed by atoms with E-state index >= 15 is 0 Å². The SMILES string of the molecule is CCOC(=O)N1CCN(C(=O)C[C@H]2C[C@@]3(C(=O)OC)C(=C[C@H](C(C)C)O[C@@H]3C3CC3)N(CCc3ccc(OC)c(OC)c3)C2=O)CC1. The van der Waals surface area contributed by atoms with Gasteiger partial charge in [-0.1, -0.05) is 19.9 Å². The quantitative estimate of drug-likeness (QED) is 0.329. The zero-order chi connectivity index (χ0) is 33.9. The highest BCUT2D eigenvalue weighted by Crippen LogP contribution is 2.56. The van der Waals surface area contributed by atoms with Gasteiger partial charge in [0.2, 0.25) is 11.8 Å². The lowest BCUT2D eigenvalue weighted by atomic mass is 9.64. The lowest BCUT2D eigenvalue weighted by molar-refractivity contribution is -0.182. The van der Waals surface area contributed by atoms with Gasteiger partial charge in [-0.15, -0.1) is 0 Å². The van der Waals surface area contributed by atoms with Crippen molar-refractivity contribution in [1.29, 1.82) is 0 Å². The van der Waals surface area contributed by atoms with Crippen LogP contribution in [0.3, 0.4) is 0 Å². The number of rotatable bonds is 11. The largest absolute Gasteiger partial charge is 0.493 e. The molecule has 0 unspecified atom stereocenters. The van der Waals surface area contributed by atoms with Crippen LogP contribution in [0.1, 0.15) is 52.0 Å². The van der Waals surface area contributed by atoms with E-state index in [-0.39, 0.29) is 49.2 Å². The van der Waals surface area contributed by atoms with Crippen molar-refractivity contribution in [2.75, 3.05) is 60.7 Å². The third kappa shape index (κ3) is 6.93. The number of carbonyl (C=O) groups is 4. The molecule has 5 rings (SSSR count). The maximum absolute atomic E-state index is 14.5. The number of methoxy groups -OCH3 is 3. The molecule has 3 fully saturated rings. The predicted molar refractivity (Wildman–Crippen MR) is 172 cm³/mol. The minimum absolute atomic E-state index is 0.0535. The summed E-state index contributed by atoms with van der Waals surface area (Å²) in [5.41, 5.74) is 0.340. The summed E-state index contributed by atoms with van der Waals surface area (Å²) in [7, 11) is 4.54. The van der Waals surface area contributed by atoms with Crippen molar-refractivity contribution >= 4 is 23.9 Å². The smallest absolute Gasteiger partial charge is 0.409 e. The van der Waals surface area contributed by atoms with E-state index in [1.54, 1.807) is 35.8 Å². The summed E-state index contributed by atoms with van der Waals surface area (Å²) in [4.78, 5) is 59.5. The van der Waals surface area contributed by atoms with Crippen LogP contribution >= 0.6 is 0 Å². The Morgan fingerprint density at radius 3 is 2.28 bits per heavy atom. The number of piperidine rings is 1. The molecule has 0 N–H and O–H groups in total. The number of carbonyl (C=O) groups excluding carboxylic acids is 4. The lowest BCUT2D eigenvalue weighted by Gasteiger charge is -2.53. The van der Waals surface area contributed by atoms with Crippen molar-refractivity contribution in [3.8, 4) is 11.5 Å². The topological polar surface area (TPSA) is 124 Å². The van der Waals surface area contributed by atoms with Crippen molar-refractivity contribution in [2.45, 2.75) is 65.1 Å². The van der Waals surface area contributed by atoms with Gasteiger partial charge in [0.15, 0.2) is 11.5 Å². The number of esters is 1. The lowest BCUT2D eigenvalue weighted by Crippen LogP contribution is -2.62.